The lowest BCUT2D eigenvalue weighted by atomic mass is 9.98. The summed E-state index contributed by atoms with van der Waals surface area (Å²) in [5, 5.41) is 13.8. The van der Waals surface area contributed by atoms with E-state index < -0.39 is 5.54 Å². The first-order chi connectivity index (χ1) is 8.50. The first-order valence-electron chi connectivity index (χ1n) is 5.94. The van der Waals surface area contributed by atoms with E-state index in [0.717, 1.165) is 22.5 Å². The van der Waals surface area contributed by atoms with Gasteiger partial charge in [0.1, 0.15) is 10.6 Å². The highest BCUT2D eigenvalue weighted by Gasteiger charge is 2.26. The lowest BCUT2D eigenvalue weighted by molar-refractivity contribution is 0.429. The van der Waals surface area contributed by atoms with Crippen molar-refractivity contribution in [3.8, 4) is 6.07 Å². The largest absolute Gasteiger partial charge is 0.300 e. The molecule has 0 spiro atoms. The zero-order chi connectivity index (χ0) is 13.6. The molecule has 0 aliphatic rings. The van der Waals surface area contributed by atoms with Crippen molar-refractivity contribution in [2.75, 3.05) is 6.54 Å². The molecule has 1 aromatic rings. The zero-order valence-corrected chi connectivity index (χ0v) is 13.3. The molecule has 2 unspecified atom stereocenters. The van der Waals surface area contributed by atoms with Crippen LogP contribution in [-0.4, -0.2) is 22.3 Å². The van der Waals surface area contributed by atoms with Gasteiger partial charge in [0, 0.05) is 15.9 Å². The van der Waals surface area contributed by atoms with Gasteiger partial charge in [0.2, 0.25) is 0 Å². The average molecular weight is 328 g/mol. The molecule has 0 radical (unpaired) electrons. The van der Waals surface area contributed by atoms with Crippen molar-refractivity contribution < 1.29 is 0 Å². The molecule has 1 rings (SSSR count). The van der Waals surface area contributed by atoms with E-state index in [9.17, 15) is 5.26 Å². The molecule has 18 heavy (non-hydrogen) atoms. The quantitative estimate of drug-likeness (QED) is 0.811. The van der Waals surface area contributed by atoms with Gasteiger partial charge in [-0.25, -0.2) is 4.98 Å². The summed E-state index contributed by atoms with van der Waals surface area (Å²) >= 11 is 5.18. The van der Waals surface area contributed by atoms with Crippen LogP contribution >= 0.6 is 27.7 Å². The Morgan fingerprint density at radius 3 is 2.94 bits per heavy atom. The van der Waals surface area contributed by atoms with Crippen molar-refractivity contribution in [2.24, 2.45) is 0 Å². The van der Waals surface area contributed by atoms with Crippen molar-refractivity contribution >= 4 is 27.7 Å². The van der Waals surface area contributed by atoms with Crippen molar-refractivity contribution in [3.63, 3.8) is 0 Å². The molecule has 5 heteroatoms. The van der Waals surface area contributed by atoms with Crippen LogP contribution in [0.15, 0.2) is 27.8 Å². The number of halogens is 1. The fraction of sp³-hybridized carbons (Fsp3) is 0.538. The molecule has 0 amide bonds. The first-order valence-corrected chi connectivity index (χ1v) is 7.61. The van der Waals surface area contributed by atoms with Crippen molar-refractivity contribution in [1.82, 2.24) is 10.3 Å². The zero-order valence-electron chi connectivity index (χ0n) is 10.9. The van der Waals surface area contributed by atoms with Crippen LogP contribution in [0, 0.1) is 11.3 Å². The molecular formula is C13H18BrN3S. The van der Waals surface area contributed by atoms with E-state index in [1.807, 2.05) is 26.0 Å². The van der Waals surface area contributed by atoms with Crippen molar-refractivity contribution in [1.29, 1.82) is 5.26 Å². The van der Waals surface area contributed by atoms with E-state index >= 15 is 0 Å². The second kappa shape index (κ2) is 7.13. The molecule has 0 aromatic carbocycles. The SMILES string of the molecule is CCNC(C)(C#N)CC(C)Sc1ncccc1Br. The molecule has 2 atom stereocenters. The number of pyridine rings is 1. The van der Waals surface area contributed by atoms with Crippen LogP contribution in [0.1, 0.15) is 27.2 Å². The Morgan fingerprint density at radius 1 is 1.67 bits per heavy atom. The summed E-state index contributed by atoms with van der Waals surface area (Å²) in [5.74, 6) is 0. The Labute approximate surface area is 122 Å². The lowest BCUT2D eigenvalue weighted by Crippen LogP contribution is -2.42. The van der Waals surface area contributed by atoms with E-state index in [0.29, 0.717) is 5.25 Å². The number of nitrogens with zero attached hydrogens (tertiary/aromatic N) is 2. The van der Waals surface area contributed by atoms with Crippen molar-refractivity contribution in [2.45, 2.75) is 43.0 Å². The molecular weight excluding hydrogens is 310 g/mol. The van der Waals surface area contributed by atoms with E-state index in [4.69, 9.17) is 0 Å². The Bertz CT molecular complexity index is 432. The summed E-state index contributed by atoms with van der Waals surface area (Å²) in [6.07, 6.45) is 2.57. The normalized spacial score (nSPS) is 15.7. The number of thioether (sulfide) groups is 1. The van der Waals surface area contributed by atoms with Crippen LogP contribution in [0.3, 0.4) is 0 Å². The molecule has 0 aliphatic carbocycles. The average Bonchev–Trinajstić information content (AvgIpc) is 2.32. The number of nitriles is 1. The van der Waals surface area contributed by atoms with Gasteiger partial charge in [-0.15, -0.1) is 11.8 Å². The highest BCUT2D eigenvalue weighted by Crippen LogP contribution is 2.31. The number of hydrogen-bond acceptors (Lipinski definition) is 4. The summed E-state index contributed by atoms with van der Waals surface area (Å²) in [7, 11) is 0. The Hall–Kier alpha value is -0.570. The van der Waals surface area contributed by atoms with Gasteiger partial charge in [-0.05, 0) is 48.0 Å². The Morgan fingerprint density at radius 2 is 2.39 bits per heavy atom. The topological polar surface area (TPSA) is 48.7 Å². The molecule has 0 aliphatic heterocycles. The summed E-state index contributed by atoms with van der Waals surface area (Å²) in [6, 6.07) is 6.24. The first kappa shape index (κ1) is 15.5. The predicted molar refractivity (Wildman–Crippen MR) is 79.6 cm³/mol. The summed E-state index contributed by atoms with van der Waals surface area (Å²) < 4.78 is 1.00. The monoisotopic (exact) mass is 327 g/mol. The van der Waals surface area contributed by atoms with E-state index in [1.165, 1.54) is 0 Å². The third kappa shape index (κ3) is 4.60. The molecule has 1 N–H and O–H groups in total. The molecule has 0 saturated heterocycles. The minimum Gasteiger partial charge on any atom is -0.300 e. The lowest BCUT2D eigenvalue weighted by Gasteiger charge is -2.25. The highest BCUT2D eigenvalue weighted by molar-refractivity contribution is 9.10. The second-order valence-corrected chi connectivity index (χ2v) is 6.68. The van der Waals surface area contributed by atoms with Gasteiger partial charge in [-0.2, -0.15) is 5.26 Å². The van der Waals surface area contributed by atoms with Crippen LogP contribution in [0.4, 0.5) is 0 Å². The van der Waals surface area contributed by atoms with Gasteiger partial charge >= 0.3 is 0 Å². The van der Waals surface area contributed by atoms with Crippen LogP contribution < -0.4 is 5.32 Å². The van der Waals surface area contributed by atoms with Gasteiger partial charge in [0.25, 0.3) is 0 Å². The van der Waals surface area contributed by atoms with Crippen molar-refractivity contribution in [3.05, 3.63) is 22.8 Å². The van der Waals surface area contributed by atoms with Crippen LogP contribution in [0.2, 0.25) is 0 Å². The summed E-state index contributed by atoms with van der Waals surface area (Å²) in [4.78, 5) is 4.33. The van der Waals surface area contributed by atoms with Gasteiger partial charge in [-0.1, -0.05) is 13.8 Å². The minimum atomic E-state index is -0.470. The van der Waals surface area contributed by atoms with E-state index in [1.54, 1.807) is 18.0 Å². The Kier molecular flexibility index (Phi) is 6.13. The fourth-order valence-electron chi connectivity index (χ4n) is 1.81. The Balaban J connectivity index is 2.64. The molecule has 98 valence electrons. The third-order valence-electron chi connectivity index (χ3n) is 2.55. The fourth-order valence-corrected chi connectivity index (χ4v) is 3.45. The third-order valence-corrected chi connectivity index (χ3v) is 4.57. The molecule has 0 fully saturated rings. The number of hydrogen-bond donors (Lipinski definition) is 1. The maximum absolute atomic E-state index is 9.24. The van der Waals surface area contributed by atoms with Crippen LogP contribution in [0.25, 0.3) is 0 Å². The van der Waals surface area contributed by atoms with Gasteiger partial charge in [-0.3, -0.25) is 5.32 Å². The maximum Gasteiger partial charge on any atom is 0.110 e. The minimum absolute atomic E-state index is 0.319. The number of rotatable bonds is 6. The number of nitrogens with one attached hydrogen (secondary N) is 1. The molecule has 3 nitrogen and oxygen atoms in total. The summed E-state index contributed by atoms with van der Waals surface area (Å²) in [5.41, 5.74) is -0.470. The van der Waals surface area contributed by atoms with Gasteiger partial charge in [0.05, 0.1) is 6.07 Å². The predicted octanol–water partition coefficient (Wildman–Crippen LogP) is 3.61. The highest BCUT2D eigenvalue weighted by atomic mass is 79.9. The summed E-state index contributed by atoms with van der Waals surface area (Å²) in [6.45, 7) is 6.89. The standard InChI is InChI=1S/C13H18BrN3S/c1-4-17-13(3,9-15)8-10(2)18-12-11(14)6-5-7-16-12/h5-7,10,17H,4,8H2,1-3H3. The van der Waals surface area contributed by atoms with Gasteiger partial charge in [0.15, 0.2) is 0 Å². The molecule has 0 saturated carbocycles. The molecule has 1 heterocycles. The van der Waals surface area contributed by atoms with E-state index in [-0.39, 0.29) is 0 Å². The molecule has 1 aromatic heterocycles. The maximum atomic E-state index is 9.24. The van der Waals surface area contributed by atoms with Crippen LogP contribution in [-0.2, 0) is 0 Å². The molecule has 0 bridgehead atoms. The van der Waals surface area contributed by atoms with Crippen LogP contribution in [0.5, 0.6) is 0 Å². The van der Waals surface area contributed by atoms with E-state index in [2.05, 4.69) is 39.2 Å². The smallest absolute Gasteiger partial charge is 0.110 e. The second-order valence-electron chi connectivity index (χ2n) is 4.40. The van der Waals surface area contributed by atoms with Gasteiger partial charge < -0.3 is 0 Å². The number of aromatic nitrogens is 1.